The number of anilines is 1. The number of pyridine rings is 1. The van der Waals surface area contributed by atoms with Gasteiger partial charge in [0.05, 0.1) is 28.5 Å². The standard InChI is InChI=1S/C24H29N7O2/c1-12(2)29-24(7-8-24)11-33-23-14(4)9-15-18(21(26)32)20(25)31(22(15)28-23)19-13(3)5-6-17-16(19)10-27-30-17/h5-6,9-10,12,29H,7-8,11,25H2,1-4H3,(H2,26,32)(H,27,30). The molecule has 0 unspecified atom stereocenters. The Labute approximate surface area is 191 Å². The molecule has 0 spiro atoms. The van der Waals surface area contributed by atoms with Crippen molar-refractivity contribution >= 4 is 33.7 Å². The largest absolute Gasteiger partial charge is 0.475 e. The molecule has 6 N–H and O–H groups in total. The average molecular weight is 448 g/mol. The molecule has 3 aromatic heterocycles. The van der Waals surface area contributed by atoms with Crippen LogP contribution in [0.15, 0.2) is 24.4 Å². The summed E-state index contributed by atoms with van der Waals surface area (Å²) in [4.78, 5) is 17.2. The number of carbonyl (C=O) groups excluding carboxylic acids is 1. The maximum atomic E-state index is 12.4. The summed E-state index contributed by atoms with van der Waals surface area (Å²) in [5, 5.41) is 12.2. The smallest absolute Gasteiger partial charge is 0.253 e. The number of aromatic amines is 1. The lowest BCUT2D eigenvalue weighted by Crippen LogP contribution is -2.41. The van der Waals surface area contributed by atoms with E-state index in [9.17, 15) is 4.79 Å². The van der Waals surface area contributed by atoms with E-state index in [-0.39, 0.29) is 16.9 Å². The van der Waals surface area contributed by atoms with Crippen LogP contribution in [0.1, 0.15) is 48.2 Å². The first-order chi connectivity index (χ1) is 15.7. The first-order valence-corrected chi connectivity index (χ1v) is 11.2. The normalized spacial score (nSPS) is 14.9. The number of H-pyrrole nitrogens is 1. The third-order valence-corrected chi connectivity index (χ3v) is 6.33. The van der Waals surface area contributed by atoms with Crippen LogP contribution in [0.5, 0.6) is 5.88 Å². The van der Waals surface area contributed by atoms with E-state index < -0.39 is 5.91 Å². The zero-order valence-electron chi connectivity index (χ0n) is 19.3. The summed E-state index contributed by atoms with van der Waals surface area (Å²) in [6, 6.07) is 6.19. The number of hydrogen-bond acceptors (Lipinski definition) is 6. The second-order valence-electron chi connectivity index (χ2n) is 9.37. The highest BCUT2D eigenvalue weighted by Gasteiger charge is 2.44. The van der Waals surface area contributed by atoms with Crippen molar-refractivity contribution in [2.24, 2.45) is 5.73 Å². The van der Waals surface area contributed by atoms with Gasteiger partial charge in [0, 0.05) is 22.4 Å². The number of primary amides is 1. The zero-order valence-corrected chi connectivity index (χ0v) is 19.3. The summed E-state index contributed by atoms with van der Waals surface area (Å²) in [7, 11) is 0. The van der Waals surface area contributed by atoms with Gasteiger partial charge >= 0.3 is 0 Å². The maximum absolute atomic E-state index is 12.4. The summed E-state index contributed by atoms with van der Waals surface area (Å²) >= 11 is 0. The van der Waals surface area contributed by atoms with Crippen LogP contribution in [0.25, 0.3) is 27.6 Å². The van der Waals surface area contributed by atoms with Gasteiger partial charge in [0.15, 0.2) is 5.65 Å². The SMILES string of the molecule is Cc1cc2c(C(N)=O)c(N)n(-c3c(C)ccc4[nH]ncc34)c2nc1OCC1(NC(C)C)CC1. The lowest BCUT2D eigenvalue weighted by atomic mass is 10.1. The minimum Gasteiger partial charge on any atom is -0.475 e. The van der Waals surface area contributed by atoms with Crippen LogP contribution in [0, 0.1) is 13.8 Å². The van der Waals surface area contributed by atoms with Crippen molar-refractivity contribution in [1.29, 1.82) is 0 Å². The van der Waals surface area contributed by atoms with Crippen molar-refractivity contribution in [3.63, 3.8) is 0 Å². The first kappa shape index (κ1) is 21.3. The topological polar surface area (TPSA) is 137 Å². The van der Waals surface area contributed by atoms with Crippen molar-refractivity contribution in [2.75, 3.05) is 12.3 Å². The van der Waals surface area contributed by atoms with E-state index in [1.54, 1.807) is 10.8 Å². The summed E-state index contributed by atoms with van der Waals surface area (Å²) in [6.45, 7) is 8.69. The third-order valence-electron chi connectivity index (χ3n) is 6.33. The van der Waals surface area contributed by atoms with Crippen molar-refractivity contribution in [1.82, 2.24) is 25.1 Å². The van der Waals surface area contributed by atoms with Crippen molar-refractivity contribution in [3.05, 3.63) is 41.1 Å². The molecule has 1 aliphatic carbocycles. The molecule has 1 aliphatic rings. The molecule has 9 nitrogen and oxygen atoms in total. The fourth-order valence-corrected chi connectivity index (χ4v) is 4.65. The number of carbonyl (C=O) groups is 1. The van der Waals surface area contributed by atoms with Crippen LogP contribution in [-0.4, -0.2) is 43.8 Å². The number of aromatic nitrogens is 4. The Morgan fingerprint density at radius 2 is 2.03 bits per heavy atom. The molecule has 1 saturated carbocycles. The van der Waals surface area contributed by atoms with Gasteiger partial charge in [0.25, 0.3) is 5.91 Å². The third kappa shape index (κ3) is 3.48. The number of ether oxygens (including phenoxy) is 1. The van der Waals surface area contributed by atoms with Gasteiger partial charge in [-0.3, -0.25) is 14.5 Å². The van der Waals surface area contributed by atoms with Crippen LogP contribution in [0.2, 0.25) is 0 Å². The Morgan fingerprint density at radius 1 is 1.27 bits per heavy atom. The number of nitrogen functional groups attached to an aromatic ring is 1. The molecule has 0 bridgehead atoms. The van der Waals surface area contributed by atoms with Gasteiger partial charge in [0.1, 0.15) is 12.4 Å². The molecule has 0 atom stereocenters. The number of fused-ring (bicyclic) bond motifs is 2. The maximum Gasteiger partial charge on any atom is 0.253 e. The molecular weight excluding hydrogens is 418 g/mol. The van der Waals surface area contributed by atoms with E-state index in [2.05, 4.69) is 29.4 Å². The van der Waals surface area contributed by atoms with Gasteiger partial charge in [-0.05, 0) is 44.4 Å². The summed E-state index contributed by atoms with van der Waals surface area (Å²) in [5.41, 5.74) is 16.5. The monoisotopic (exact) mass is 447 g/mol. The lowest BCUT2D eigenvalue weighted by Gasteiger charge is -2.21. The predicted octanol–water partition coefficient (Wildman–Crippen LogP) is 3.11. The number of nitrogens with one attached hydrogen (secondary N) is 2. The molecule has 33 heavy (non-hydrogen) atoms. The molecule has 4 aromatic rings. The number of rotatable bonds is 7. The van der Waals surface area contributed by atoms with E-state index in [4.69, 9.17) is 21.2 Å². The summed E-state index contributed by atoms with van der Waals surface area (Å²) < 4.78 is 8.00. The second-order valence-corrected chi connectivity index (χ2v) is 9.37. The molecule has 0 saturated heterocycles. The Hall–Kier alpha value is -3.59. The number of nitrogens with zero attached hydrogens (tertiary/aromatic N) is 3. The highest BCUT2D eigenvalue weighted by molar-refractivity contribution is 6.11. The van der Waals surface area contributed by atoms with E-state index in [1.807, 2.05) is 32.0 Å². The highest BCUT2D eigenvalue weighted by Crippen LogP contribution is 2.39. The fraction of sp³-hybridized carbons (Fsp3) is 0.375. The molecule has 1 amide bonds. The summed E-state index contributed by atoms with van der Waals surface area (Å²) in [6.07, 6.45) is 3.89. The van der Waals surface area contributed by atoms with Crippen LogP contribution in [0.4, 0.5) is 5.82 Å². The molecule has 172 valence electrons. The van der Waals surface area contributed by atoms with Gasteiger partial charge in [-0.1, -0.05) is 19.9 Å². The van der Waals surface area contributed by atoms with E-state index in [1.165, 1.54) is 0 Å². The number of amides is 1. The van der Waals surface area contributed by atoms with Gasteiger partial charge in [0.2, 0.25) is 5.88 Å². The van der Waals surface area contributed by atoms with Crippen molar-refractivity contribution in [2.45, 2.75) is 52.1 Å². The lowest BCUT2D eigenvalue weighted by molar-refractivity contribution is 0.100. The van der Waals surface area contributed by atoms with Gasteiger partial charge in [-0.15, -0.1) is 0 Å². The van der Waals surface area contributed by atoms with Crippen molar-refractivity contribution in [3.8, 4) is 11.6 Å². The number of aryl methyl sites for hydroxylation is 2. The number of nitrogens with two attached hydrogens (primary N) is 2. The van der Waals surface area contributed by atoms with Crippen LogP contribution < -0.4 is 21.5 Å². The van der Waals surface area contributed by atoms with Crippen LogP contribution in [-0.2, 0) is 0 Å². The number of hydrogen-bond donors (Lipinski definition) is 4. The Bertz CT molecular complexity index is 1400. The van der Waals surface area contributed by atoms with E-state index >= 15 is 0 Å². The minimum absolute atomic E-state index is 0.00434. The Kier molecular flexibility index (Phi) is 4.82. The fourth-order valence-electron chi connectivity index (χ4n) is 4.65. The molecular formula is C24H29N7O2. The molecule has 5 rings (SSSR count). The van der Waals surface area contributed by atoms with Crippen LogP contribution >= 0.6 is 0 Å². The highest BCUT2D eigenvalue weighted by atomic mass is 16.5. The zero-order chi connectivity index (χ0) is 23.5. The molecule has 3 heterocycles. The first-order valence-electron chi connectivity index (χ1n) is 11.2. The molecule has 0 radical (unpaired) electrons. The molecule has 1 aromatic carbocycles. The average Bonchev–Trinajstić information content (AvgIpc) is 3.21. The predicted molar refractivity (Wildman–Crippen MR) is 129 cm³/mol. The van der Waals surface area contributed by atoms with Crippen molar-refractivity contribution < 1.29 is 9.53 Å². The Balaban J connectivity index is 1.68. The van der Waals surface area contributed by atoms with Gasteiger partial charge < -0.3 is 21.5 Å². The van der Waals surface area contributed by atoms with Crippen LogP contribution in [0.3, 0.4) is 0 Å². The van der Waals surface area contributed by atoms with Gasteiger partial charge in [-0.25, -0.2) is 0 Å². The Morgan fingerprint density at radius 3 is 2.70 bits per heavy atom. The second kappa shape index (κ2) is 7.48. The summed E-state index contributed by atoms with van der Waals surface area (Å²) in [5.74, 6) is 0.172. The van der Waals surface area contributed by atoms with E-state index in [0.717, 1.165) is 40.6 Å². The minimum atomic E-state index is -0.596. The quantitative estimate of drug-likeness (QED) is 0.344. The molecule has 9 heteroatoms. The number of benzene rings is 1. The molecule has 1 fully saturated rings. The molecule has 0 aliphatic heterocycles. The van der Waals surface area contributed by atoms with Gasteiger partial charge in [-0.2, -0.15) is 10.1 Å². The van der Waals surface area contributed by atoms with E-state index in [0.29, 0.717) is 29.6 Å².